The van der Waals surface area contributed by atoms with Gasteiger partial charge in [0.15, 0.2) is 5.13 Å². The quantitative estimate of drug-likeness (QED) is 0.895. The molecule has 0 spiro atoms. The van der Waals surface area contributed by atoms with Crippen molar-refractivity contribution in [2.75, 3.05) is 5.32 Å². The molecule has 5 heteroatoms. The van der Waals surface area contributed by atoms with E-state index in [-0.39, 0.29) is 0 Å². The maximum Gasteiger partial charge on any atom is 0.187 e. The second-order valence-corrected chi connectivity index (χ2v) is 5.88. The summed E-state index contributed by atoms with van der Waals surface area (Å²) >= 11 is 4.96. The first kappa shape index (κ1) is 13.1. The van der Waals surface area contributed by atoms with E-state index in [0.717, 1.165) is 21.0 Å². The molecule has 0 saturated heterocycles. The number of hydrogen-bond donors (Lipinski definition) is 1. The average molecular weight is 322 g/mol. The first-order valence-corrected chi connectivity index (χ1v) is 7.19. The highest BCUT2D eigenvalue weighted by molar-refractivity contribution is 9.10. The SMILES string of the molecule is CC(C)c1csc(Nc2ccc(C#N)c(Br)c2)n1. The van der Waals surface area contributed by atoms with Crippen molar-refractivity contribution in [3.05, 3.63) is 39.3 Å². The van der Waals surface area contributed by atoms with Crippen LogP contribution in [-0.4, -0.2) is 4.98 Å². The first-order chi connectivity index (χ1) is 8.60. The van der Waals surface area contributed by atoms with Crippen LogP contribution < -0.4 is 5.32 Å². The van der Waals surface area contributed by atoms with Crippen LogP contribution in [0.15, 0.2) is 28.1 Å². The van der Waals surface area contributed by atoms with Crippen LogP contribution in [-0.2, 0) is 0 Å². The minimum Gasteiger partial charge on any atom is -0.332 e. The van der Waals surface area contributed by atoms with Crippen molar-refractivity contribution in [1.82, 2.24) is 4.98 Å². The molecule has 1 aromatic carbocycles. The summed E-state index contributed by atoms with van der Waals surface area (Å²) in [7, 11) is 0. The van der Waals surface area contributed by atoms with Crippen LogP contribution in [0.25, 0.3) is 0 Å². The Kier molecular flexibility index (Phi) is 4.00. The van der Waals surface area contributed by atoms with Gasteiger partial charge in [-0.1, -0.05) is 13.8 Å². The Labute approximate surface area is 119 Å². The van der Waals surface area contributed by atoms with Gasteiger partial charge in [0, 0.05) is 15.5 Å². The molecule has 0 aliphatic rings. The van der Waals surface area contributed by atoms with Crippen LogP contribution in [0.5, 0.6) is 0 Å². The lowest BCUT2D eigenvalue weighted by atomic mass is 10.2. The molecule has 92 valence electrons. The van der Waals surface area contributed by atoms with E-state index < -0.39 is 0 Å². The fraction of sp³-hybridized carbons (Fsp3) is 0.231. The summed E-state index contributed by atoms with van der Waals surface area (Å²) in [6, 6.07) is 7.66. The monoisotopic (exact) mass is 321 g/mol. The van der Waals surface area contributed by atoms with Crippen LogP contribution in [0.4, 0.5) is 10.8 Å². The van der Waals surface area contributed by atoms with E-state index in [9.17, 15) is 0 Å². The Balaban J connectivity index is 2.18. The van der Waals surface area contributed by atoms with Gasteiger partial charge in [0.1, 0.15) is 6.07 Å². The maximum absolute atomic E-state index is 8.85. The Morgan fingerprint density at radius 1 is 1.44 bits per heavy atom. The molecule has 0 amide bonds. The summed E-state index contributed by atoms with van der Waals surface area (Å²) in [6.07, 6.45) is 0. The van der Waals surface area contributed by atoms with Crippen LogP contribution in [0.2, 0.25) is 0 Å². The number of nitrogens with zero attached hydrogens (tertiary/aromatic N) is 2. The summed E-state index contributed by atoms with van der Waals surface area (Å²) < 4.78 is 0.788. The Morgan fingerprint density at radius 2 is 2.22 bits per heavy atom. The van der Waals surface area contributed by atoms with E-state index in [1.54, 1.807) is 17.4 Å². The van der Waals surface area contributed by atoms with Crippen molar-refractivity contribution in [3.63, 3.8) is 0 Å². The summed E-state index contributed by atoms with van der Waals surface area (Å²) in [4.78, 5) is 4.50. The average Bonchev–Trinajstić information content (AvgIpc) is 2.78. The number of aromatic nitrogens is 1. The van der Waals surface area contributed by atoms with Gasteiger partial charge in [-0.05, 0) is 40.0 Å². The molecule has 0 atom stereocenters. The number of hydrogen-bond acceptors (Lipinski definition) is 4. The van der Waals surface area contributed by atoms with Gasteiger partial charge in [0.2, 0.25) is 0 Å². The van der Waals surface area contributed by atoms with Gasteiger partial charge in [-0.2, -0.15) is 5.26 Å². The molecule has 1 heterocycles. The van der Waals surface area contributed by atoms with Crippen LogP contribution in [0.1, 0.15) is 31.0 Å². The Bertz CT molecular complexity index is 599. The molecular formula is C13H12BrN3S. The highest BCUT2D eigenvalue weighted by Gasteiger charge is 2.06. The Morgan fingerprint density at radius 3 is 2.78 bits per heavy atom. The lowest BCUT2D eigenvalue weighted by molar-refractivity contribution is 0.834. The van der Waals surface area contributed by atoms with E-state index in [2.05, 4.69) is 51.5 Å². The molecule has 18 heavy (non-hydrogen) atoms. The van der Waals surface area contributed by atoms with Crippen molar-refractivity contribution in [1.29, 1.82) is 5.26 Å². The predicted octanol–water partition coefficient (Wildman–Crippen LogP) is 4.64. The number of thiazole rings is 1. The van der Waals surface area contributed by atoms with Crippen LogP contribution in [0.3, 0.4) is 0 Å². The van der Waals surface area contributed by atoms with Crippen molar-refractivity contribution in [3.8, 4) is 6.07 Å². The van der Waals surface area contributed by atoms with Crippen LogP contribution >= 0.6 is 27.3 Å². The zero-order valence-electron chi connectivity index (χ0n) is 10.1. The zero-order valence-corrected chi connectivity index (χ0v) is 12.5. The van der Waals surface area contributed by atoms with Gasteiger partial charge in [0.05, 0.1) is 11.3 Å². The molecule has 0 fully saturated rings. The summed E-state index contributed by atoms with van der Waals surface area (Å²) in [5.74, 6) is 0.435. The van der Waals surface area contributed by atoms with Gasteiger partial charge < -0.3 is 5.32 Å². The minimum atomic E-state index is 0.435. The summed E-state index contributed by atoms with van der Waals surface area (Å²) in [5, 5.41) is 15.0. The van der Waals surface area contributed by atoms with Crippen molar-refractivity contribution >= 4 is 38.1 Å². The van der Waals surface area contributed by atoms with E-state index >= 15 is 0 Å². The molecular weight excluding hydrogens is 310 g/mol. The third-order valence-corrected chi connectivity index (χ3v) is 3.89. The van der Waals surface area contributed by atoms with Crippen LogP contribution in [0, 0.1) is 11.3 Å². The summed E-state index contributed by atoms with van der Waals surface area (Å²) in [5.41, 5.74) is 2.64. The number of halogens is 1. The standard InChI is InChI=1S/C13H12BrN3S/c1-8(2)12-7-18-13(17-12)16-10-4-3-9(6-15)11(14)5-10/h3-5,7-8H,1-2H3,(H,16,17). The number of benzene rings is 1. The fourth-order valence-corrected chi connectivity index (χ4v) is 2.78. The minimum absolute atomic E-state index is 0.435. The number of anilines is 2. The number of nitrogens with one attached hydrogen (secondary N) is 1. The molecule has 1 N–H and O–H groups in total. The van der Waals surface area contributed by atoms with E-state index in [1.165, 1.54) is 0 Å². The third kappa shape index (κ3) is 2.89. The molecule has 1 aromatic heterocycles. The maximum atomic E-state index is 8.85. The second-order valence-electron chi connectivity index (χ2n) is 4.16. The van der Waals surface area contributed by atoms with Crippen molar-refractivity contribution in [2.45, 2.75) is 19.8 Å². The normalized spacial score (nSPS) is 10.4. The first-order valence-electron chi connectivity index (χ1n) is 5.52. The van der Waals surface area contributed by atoms with Crippen molar-refractivity contribution in [2.24, 2.45) is 0 Å². The fourth-order valence-electron chi connectivity index (χ4n) is 1.42. The summed E-state index contributed by atoms with van der Waals surface area (Å²) in [6.45, 7) is 4.24. The molecule has 0 unspecified atom stereocenters. The van der Waals surface area contributed by atoms with Gasteiger partial charge in [-0.25, -0.2) is 4.98 Å². The van der Waals surface area contributed by atoms with E-state index in [1.807, 2.05) is 12.1 Å². The van der Waals surface area contributed by atoms with Gasteiger partial charge in [-0.3, -0.25) is 0 Å². The molecule has 0 bridgehead atoms. The molecule has 0 aliphatic heterocycles. The highest BCUT2D eigenvalue weighted by Crippen LogP contribution is 2.27. The lowest BCUT2D eigenvalue weighted by Crippen LogP contribution is -1.92. The predicted molar refractivity (Wildman–Crippen MR) is 78.3 cm³/mol. The topological polar surface area (TPSA) is 48.7 Å². The van der Waals surface area contributed by atoms with E-state index in [0.29, 0.717) is 11.5 Å². The smallest absolute Gasteiger partial charge is 0.187 e. The highest BCUT2D eigenvalue weighted by atomic mass is 79.9. The largest absolute Gasteiger partial charge is 0.332 e. The molecule has 2 aromatic rings. The molecule has 0 radical (unpaired) electrons. The number of rotatable bonds is 3. The lowest BCUT2D eigenvalue weighted by Gasteiger charge is -2.04. The third-order valence-electron chi connectivity index (χ3n) is 2.45. The molecule has 0 aliphatic carbocycles. The molecule has 2 rings (SSSR count). The molecule has 0 saturated carbocycles. The molecule has 3 nitrogen and oxygen atoms in total. The van der Waals surface area contributed by atoms with E-state index in [4.69, 9.17) is 5.26 Å². The number of nitriles is 1. The van der Waals surface area contributed by atoms with Gasteiger partial charge in [0.25, 0.3) is 0 Å². The van der Waals surface area contributed by atoms with Gasteiger partial charge >= 0.3 is 0 Å². The Hall–Kier alpha value is -1.38. The second kappa shape index (κ2) is 5.51. The van der Waals surface area contributed by atoms with Gasteiger partial charge in [-0.15, -0.1) is 11.3 Å². The zero-order chi connectivity index (χ0) is 13.1. The van der Waals surface area contributed by atoms with Crippen molar-refractivity contribution < 1.29 is 0 Å².